The monoisotopic (exact) mass is 446 g/mol. The molecule has 4 nitrogen and oxygen atoms in total. The Balaban J connectivity index is 2.83. The van der Waals surface area contributed by atoms with Crippen molar-refractivity contribution in [2.45, 2.75) is 14.0 Å². The van der Waals surface area contributed by atoms with Gasteiger partial charge in [0.2, 0.25) is 0 Å². The summed E-state index contributed by atoms with van der Waals surface area (Å²) in [7, 11) is -3.61. The number of nitrogens with zero attached hydrogens (tertiary/aromatic N) is 1. The van der Waals surface area contributed by atoms with Crippen LogP contribution < -0.4 is 4.83 Å². The van der Waals surface area contributed by atoms with Crippen LogP contribution in [0.25, 0.3) is 0 Å². The maximum Gasteiger partial charge on any atom is 0.276 e. The van der Waals surface area contributed by atoms with E-state index < -0.39 is 12.2 Å². The molecule has 1 aromatic rings. The van der Waals surface area contributed by atoms with E-state index in [0.29, 0.717) is 0 Å². The lowest BCUT2D eigenvalue weighted by Crippen LogP contribution is -2.19. The molecule has 0 bridgehead atoms. The van der Waals surface area contributed by atoms with Gasteiger partial charge >= 0.3 is 0 Å². The molecule has 17 heavy (non-hydrogen) atoms. The Morgan fingerprint density at radius 2 is 1.76 bits per heavy atom. The van der Waals surface area contributed by atoms with Crippen LogP contribution in [0.2, 0.25) is 0 Å². The first kappa shape index (κ1) is 15.1. The van der Waals surface area contributed by atoms with Crippen molar-refractivity contribution < 1.29 is 8.42 Å². The SMILES string of the molecule is Cc1ccc(S(=O)(=O)N/N=C/C(Br)(Br)Br)cc1. The molecule has 8 heteroatoms. The number of aryl methyl sites for hydroxylation is 1. The zero-order chi connectivity index (χ0) is 13.1. The Hall–Kier alpha value is 0.0800. The molecule has 94 valence electrons. The van der Waals surface area contributed by atoms with Crippen LogP contribution in [0.3, 0.4) is 0 Å². The highest BCUT2D eigenvalue weighted by atomic mass is 80.0. The van der Waals surface area contributed by atoms with Crippen LogP contribution in [-0.2, 0) is 10.0 Å². The second-order valence-corrected chi connectivity index (χ2v) is 11.8. The minimum absolute atomic E-state index is 0.171. The maximum atomic E-state index is 11.8. The summed E-state index contributed by atoms with van der Waals surface area (Å²) in [5, 5.41) is 3.61. The number of halogens is 3. The molecule has 0 fully saturated rings. The number of benzene rings is 1. The van der Waals surface area contributed by atoms with E-state index in [-0.39, 0.29) is 4.90 Å². The highest BCUT2D eigenvalue weighted by Crippen LogP contribution is 2.30. The Kier molecular flexibility index (Phi) is 5.18. The van der Waals surface area contributed by atoms with E-state index in [0.717, 1.165) is 5.56 Å². The predicted octanol–water partition coefficient (Wildman–Crippen LogP) is 3.10. The van der Waals surface area contributed by atoms with E-state index in [9.17, 15) is 8.42 Å². The van der Waals surface area contributed by atoms with E-state index in [1.807, 2.05) is 6.92 Å². The number of hydrazone groups is 1. The fourth-order valence-electron chi connectivity index (χ4n) is 0.939. The second-order valence-electron chi connectivity index (χ2n) is 3.21. The van der Waals surface area contributed by atoms with Gasteiger partial charge in [-0.2, -0.15) is 13.5 Å². The molecule has 0 aromatic heterocycles. The lowest BCUT2D eigenvalue weighted by Gasteiger charge is -2.06. The van der Waals surface area contributed by atoms with Gasteiger partial charge in [-0.3, -0.25) is 0 Å². The Bertz CT molecular complexity index is 506. The quantitative estimate of drug-likeness (QED) is 0.439. The molecule has 0 heterocycles. The molecule has 1 rings (SSSR count). The summed E-state index contributed by atoms with van der Waals surface area (Å²) in [5.74, 6) is 0. The maximum absolute atomic E-state index is 11.8. The number of rotatable bonds is 3. The predicted molar refractivity (Wildman–Crippen MR) is 79.5 cm³/mol. The number of hydrogen-bond donors (Lipinski definition) is 1. The topological polar surface area (TPSA) is 58.5 Å². The molecule has 0 radical (unpaired) electrons. The van der Waals surface area contributed by atoms with Gasteiger partial charge in [-0.15, -0.1) is 0 Å². The van der Waals surface area contributed by atoms with E-state index >= 15 is 0 Å². The fraction of sp³-hybridized carbons (Fsp3) is 0.222. The van der Waals surface area contributed by atoms with Gasteiger partial charge in [0.15, 0.2) is 2.14 Å². The first-order valence-electron chi connectivity index (χ1n) is 4.40. The van der Waals surface area contributed by atoms with Crippen LogP contribution in [0.5, 0.6) is 0 Å². The van der Waals surface area contributed by atoms with Crippen molar-refractivity contribution in [2.24, 2.45) is 5.10 Å². The lowest BCUT2D eigenvalue weighted by atomic mass is 10.2. The first-order valence-corrected chi connectivity index (χ1v) is 8.26. The van der Waals surface area contributed by atoms with Gasteiger partial charge < -0.3 is 0 Å². The molecule has 0 aliphatic carbocycles. The molecule has 0 aliphatic heterocycles. The van der Waals surface area contributed by atoms with Crippen molar-refractivity contribution in [1.29, 1.82) is 0 Å². The number of hydrogen-bond acceptors (Lipinski definition) is 3. The van der Waals surface area contributed by atoms with Crippen LogP contribution >= 0.6 is 47.8 Å². The van der Waals surface area contributed by atoms with Gasteiger partial charge in [-0.05, 0) is 19.1 Å². The van der Waals surface area contributed by atoms with Gasteiger partial charge in [0, 0.05) is 0 Å². The van der Waals surface area contributed by atoms with E-state index in [2.05, 4.69) is 57.7 Å². The molecule has 0 unspecified atom stereocenters. The highest BCUT2D eigenvalue weighted by Gasteiger charge is 2.15. The van der Waals surface area contributed by atoms with Crippen LogP contribution in [0.15, 0.2) is 34.3 Å². The third-order valence-electron chi connectivity index (χ3n) is 1.72. The average Bonchev–Trinajstić information content (AvgIpc) is 2.15. The van der Waals surface area contributed by atoms with Gasteiger partial charge in [-0.1, -0.05) is 65.5 Å². The van der Waals surface area contributed by atoms with Crippen LogP contribution in [0.1, 0.15) is 5.56 Å². The Labute approximate surface area is 125 Å². The Morgan fingerprint density at radius 1 is 1.24 bits per heavy atom. The van der Waals surface area contributed by atoms with Crippen molar-refractivity contribution in [1.82, 2.24) is 4.83 Å². The Morgan fingerprint density at radius 3 is 2.24 bits per heavy atom. The van der Waals surface area contributed by atoms with E-state index in [1.54, 1.807) is 12.1 Å². The average molecular weight is 449 g/mol. The molecule has 0 amide bonds. The summed E-state index contributed by atoms with van der Waals surface area (Å²) in [4.78, 5) is 2.27. The number of nitrogens with one attached hydrogen (secondary N) is 1. The third kappa shape index (κ3) is 5.50. The summed E-state index contributed by atoms with van der Waals surface area (Å²) in [6.07, 6.45) is 1.32. The fourth-order valence-corrected chi connectivity index (χ4v) is 2.04. The third-order valence-corrected chi connectivity index (χ3v) is 3.57. The number of alkyl halides is 3. The van der Waals surface area contributed by atoms with Crippen LogP contribution in [-0.4, -0.2) is 16.8 Å². The van der Waals surface area contributed by atoms with E-state index in [1.165, 1.54) is 18.3 Å². The van der Waals surface area contributed by atoms with Crippen LogP contribution in [0, 0.1) is 6.92 Å². The van der Waals surface area contributed by atoms with E-state index in [4.69, 9.17) is 0 Å². The smallest absolute Gasteiger partial charge is 0.200 e. The van der Waals surface area contributed by atoms with Crippen LogP contribution in [0.4, 0.5) is 0 Å². The van der Waals surface area contributed by atoms with Gasteiger partial charge in [-0.25, -0.2) is 4.83 Å². The molecule has 0 saturated carbocycles. The summed E-state index contributed by atoms with van der Waals surface area (Å²) in [6.45, 7) is 1.89. The molecule has 0 saturated heterocycles. The van der Waals surface area contributed by atoms with Crippen molar-refractivity contribution in [3.8, 4) is 0 Å². The van der Waals surface area contributed by atoms with Gasteiger partial charge in [0.05, 0.1) is 11.1 Å². The summed E-state index contributed by atoms with van der Waals surface area (Å²) < 4.78 is 22.8. The molecule has 1 aromatic carbocycles. The van der Waals surface area contributed by atoms with Gasteiger partial charge in [0.25, 0.3) is 10.0 Å². The van der Waals surface area contributed by atoms with Crippen molar-refractivity contribution in [2.75, 3.05) is 0 Å². The molecule has 0 aliphatic rings. The molecular weight excluding hydrogens is 440 g/mol. The van der Waals surface area contributed by atoms with Gasteiger partial charge in [0.1, 0.15) is 0 Å². The molecule has 1 N–H and O–H groups in total. The minimum Gasteiger partial charge on any atom is -0.200 e. The summed E-state index contributed by atoms with van der Waals surface area (Å²) >= 11 is 9.48. The first-order chi connectivity index (χ1) is 7.71. The largest absolute Gasteiger partial charge is 0.276 e. The normalized spacial score (nSPS) is 12.9. The lowest BCUT2D eigenvalue weighted by molar-refractivity contribution is 0.584. The summed E-state index contributed by atoms with van der Waals surface area (Å²) in [6, 6.07) is 6.50. The molecule has 0 spiro atoms. The van der Waals surface area contributed by atoms with Crippen molar-refractivity contribution >= 4 is 64.0 Å². The number of sulfonamides is 1. The second kappa shape index (κ2) is 5.81. The minimum atomic E-state index is -3.61. The zero-order valence-corrected chi connectivity index (χ0v) is 14.3. The standard InChI is InChI=1S/C9H9Br3N2O2S/c1-7-2-4-8(5-3-7)17(15,16)14-13-6-9(10,11)12/h2-6,14H,1H3/b13-6+. The highest BCUT2D eigenvalue weighted by molar-refractivity contribution is 9.40. The summed E-state index contributed by atoms with van der Waals surface area (Å²) in [5.41, 5.74) is 0.993. The van der Waals surface area contributed by atoms with Crippen molar-refractivity contribution in [3.63, 3.8) is 0 Å². The molecule has 0 atom stereocenters. The molecular formula is C9H9Br3N2O2S. The zero-order valence-electron chi connectivity index (χ0n) is 8.69. The van der Waals surface area contributed by atoms with Crippen molar-refractivity contribution in [3.05, 3.63) is 29.8 Å².